The molecular formula is C22H19F3N2O4. The van der Waals surface area contributed by atoms with Crippen LogP contribution in [0.3, 0.4) is 0 Å². The molecule has 0 saturated heterocycles. The predicted octanol–water partition coefficient (Wildman–Crippen LogP) is 4.78. The fourth-order valence-corrected chi connectivity index (χ4v) is 2.67. The molecule has 0 saturated carbocycles. The van der Waals surface area contributed by atoms with Crippen molar-refractivity contribution in [2.75, 3.05) is 11.9 Å². The number of carbonyl (C=O) groups excluding carboxylic acids is 2. The highest BCUT2D eigenvalue weighted by atomic mass is 19.4. The van der Waals surface area contributed by atoms with Gasteiger partial charge in [-0.3, -0.25) is 9.59 Å². The molecule has 9 heteroatoms. The van der Waals surface area contributed by atoms with Gasteiger partial charge in [0, 0.05) is 17.7 Å². The number of aromatic nitrogens is 1. The molecule has 0 atom stereocenters. The minimum Gasteiger partial charge on any atom is -0.456 e. The summed E-state index contributed by atoms with van der Waals surface area (Å²) < 4.78 is 48.6. The minimum absolute atomic E-state index is 0.0423. The number of aryl methyl sites for hydroxylation is 2. The number of anilines is 1. The SMILES string of the molecule is Cc1ccc(-c2cnc(CCC(=O)OCC(=O)Nc3cccc(C(F)(F)F)c3)o2)cc1. The van der Waals surface area contributed by atoms with E-state index in [-0.39, 0.29) is 18.5 Å². The Kier molecular flexibility index (Phi) is 6.74. The zero-order chi connectivity index (χ0) is 22.4. The fourth-order valence-electron chi connectivity index (χ4n) is 2.67. The van der Waals surface area contributed by atoms with Gasteiger partial charge in [-0.2, -0.15) is 13.2 Å². The Labute approximate surface area is 176 Å². The van der Waals surface area contributed by atoms with Crippen molar-refractivity contribution >= 4 is 17.6 Å². The van der Waals surface area contributed by atoms with Crippen molar-refractivity contribution in [2.45, 2.75) is 25.9 Å². The first-order chi connectivity index (χ1) is 14.7. The number of ether oxygens (including phenoxy) is 1. The van der Waals surface area contributed by atoms with Gasteiger partial charge < -0.3 is 14.5 Å². The molecule has 2 aromatic carbocycles. The van der Waals surface area contributed by atoms with Crippen LogP contribution in [-0.2, 0) is 26.9 Å². The van der Waals surface area contributed by atoms with Crippen LogP contribution in [0.4, 0.5) is 18.9 Å². The van der Waals surface area contributed by atoms with Crippen molar-refractivity contribution in [1.82, 2.24) is 4.98 Å². The third-order valence-electron chi connectivity index (χ3n) is 4.27. The number of benzene rings is 2. The molecule has 6 nitrogen and oxygen atoms in total. The van der Waals surface area contributed by atoms with Crippen LogP contribution in [0.1, 0.15) is 23.4 Å². The summed E-state index contributed by atoms with van der Waals surface area (Å²) in [5.74, 6) is -0.482. The van der Waals surface area contributed by atoms with Crippen LogP contribution < -0.4 is 5.32 Å². The molecule has 1 N–H and O–H groups in total. The van der Waals surface area contributed by atoms with Gasteiger partial charge in [0.1, 0.15) is 0 Å². The summed E-state index contributed by atoms with van der Waals surface area (Å²) in [5, 5.41) is 2.26. The van der Waals surface area contributed by atoms with Gasteiger partial charge in [-0.05, 0) is 25.1 Å². The quantitative estimate of drug-likeness (QED) is 0.544. The first-order valence-electron chi connectivity index (χ1n) is 9.35. The highest BCUT2D eigenvalue weighted by Gasteiger charge is 2.30. The Hall–Kier alpha value is -3.62. The lowest BCUT2D eigenvalue weighted by atomic mass is 10.1. The molecule has 0 aliphatic rings. The number of alkyl halides is 3. The van der Waals surface area contributed by atoms with Crippen LogP contribution in [0.25, 0.3) is 11.3 Å². The zero-order valence-electron chi connectivity index (χ0n) is 16.5. The Morgan fingerprint density at radius 1 is 1.13 bits per heavy atom. The molecule has 0 unspecified atom stereocenters. The summed E-state index contributed by atoms with van der Waals surface area (Å²) in [4.78, 5) is 27.8. The van der Waals surface area contributed by atoms with Crippen molar-refractivity contribution in [3.63, 3.8) is 0 Å². The topological polar surface area (TPSA) is 81.4 Å². The molecule has 3 rings (SSSR count). The van der Waals surface area contributed by atoms with E-state index in [1.165, 1.54) is 12.1 Å². The van der Waals surface area contributed by atoms with E-state index in [4.69, 9.17) is 9.15 Å². The summed E-state index contributed by atoms with van der Waals surface area (Å²) in [6.07, 6.45) is -2.84. The lowest BCUT2D eigenvalue weighted by Gasteiger charge is -2.10. The largest absolute Gasteiger partial charge is 0.456 e. The molecule has 1 aromatic heterocycles. The number of nitrogens with zero attached hydrogens (tertiary/aromatic N) is 1. The Morgan fingerprint density at radius 2 is 1.87 bits per heavy atom. The van der Waals surface area contributed by atoms with E-state index in [9.17, 15) is 22.8 Å². The normalized spacial score (nSPS) is 11.2. The van der Waals surface area contributed by atoms with Crippen LogP contribution in [0, 0.1) is 6.92 Å². The third-order valence-corrected chi connectivity index (χ3v) is 4.27. The van der Waals surface area contributed by atoms with Crippen molar-refractivity contribution in [1.29, 1.82) is 0 Å². The number of amides is 1. The summed E-state index contributed by atoms with van der Waals surface area (Å²) >= 11 is 0. The third kappa shape index (κ3) is 6.43. The van der Waals surface area contributed by atoms with Crippen molar-refractivity contribution < 1.29 is 31.9 Å². The van der Waals surface area contributed by atoms with Crippen LogP contribution >= 0.6 is 0 Å². The molecular weight excluding hydrogens is 413 g/mol. The summed E-state index contributed by atoms with van der Waals surface area (Å²) in [5.41, 5.74) is 1.04. The number of carbonyl (C=O) groups is 2. The standard InChI is InChI=1S/C22H19F3N2O4/c1-14-5-7-15(8-6-14)18-12-26-20(31-18)9-10-21(29)30-13-19(28)27-17-4-2-3-16(11-17)22(23,24)25/h2-8,11-12H,9-10,13H2,1H3,(H,27,28). The maximum atomic E-state index is 12.7. The molecule has 162 valence electrons. The van der Waals surface area contributed by atoms with Crippen LogP contribution in [-0.4, -0.2) is 23.5 Å². The molecule has 1 heterocycles. The van der Waals surface area contributed by atoms with E-state index in [2.05, 4.69) is 10.3 Å². The van der Waals surface area contributed by atoms with E-state index in [0.29, 0.717) is 11.7 Å². The Balaban J connectivity index is 1.44. The van der Waals surface area contributed by atoms with Crippen LogP contribution in [0.2, 0.25) is 0 Å². The van der Waals surface area contributed by atoms with E-state index in [0.717, 1.165) is 23.3 Å². The van der Waals surface area contributed by atoms with Gasteiger partial charge in [-0.25, -0.2) is 4.98 Å². The molecule has 3 aromatic rings. The number of esters is 1. The van der Waals surface area contributed by atoms with Crippen molar-refractivity contribution in [2.24, 2.45) is 0 Å². The van der Waals surface area contributed by atoms with Gasteiger partial charge in [0.2, 0.25) is 0 Å². The summed E-state index contributed by atoms with van der Waals surface area (Å²) in [6.45, 7) is 1.36. The highest BCUT2D eigenvalue weighted by Crippen LogP contribution is 2.30. The number of hydrogen-bond acceptors (Lipinski definition) is 5. The van der Waals surface area contributed by atoms with Gasteiger partial charge in [0.25, 0.3) is 5.91 Å². The Bertz CT molecular complexity index is 1060. The molecule has 0 radical (unpaired) electrons. The van der Waals surface area contributed by atoms with Gasteiger partial charge >= 0.3 is 12.1 Å². The smallest absolute Gasteiger partial charge is 0.416 e. The molecule has 0 aliphatic heterocycles. The molecule has 0 aliphatic carbocycles. The van der Waals surface area contributed by atoms with E-state index in [1.54, 1.807) is 6.20 Å². The number of oxazole rings is 1. The maximum absolute atomic E-state index is 12.7. The second-order valence-corrected chi connectivity index (χ2v) is 6.77. The molecule has 0 spiro atoms. The summed E-state index contributed by atoms with van der Waals surface area (Å²) in [6, 6.07) is 11.9. The maximum Gasteiger partial charge on any atom is 0.416 e. The second kappa shape index (κ2) is 9.46. The van der Waals surface area contributed by atoms with Crippen molar-refractivity contribution in [3.8, 4) is 11.3 Å². The molecule has 0 bridgehead atoms. The summed E-state index contributed by atoms with van der Waals surface area (Å²) in [7, 11) is 0. The van der Waals surface area contributed by atoms with Crippen LogP contribution in [0.5, 0.6) is 0 Å². The van der Waals surface area contributed by atoms with Gasteiger partial charge in [0.05, 0.1) is 18.2 Å². The van der Waals surface area contributed by atoms with Crippen molar-refractivity contribution in [3.05, 3.63) is 71.7 Å². The first kappa shape index (κ1) is 22.1. The number of halogens is 3. The van der Waals surface area contributed by atoms with E-state index in [1.807, 2.05) is 31.2 Å². The average Bonchev–Trinajstić information content (AvgIpc) is 3.20. The molecule has 0 fully saturated rings. The lowest BCUT2D eigenvalue weighted by molar-refractivity contribution is -0.147. The van der Waals surface area contributed by atoms with Gasteiger partial charge in [-0.15, -0.1) is 0 Å². The fraction of sp³-hybridized carbons (Fsp3) is 0.227. The minimum atomic E-state index is -4.52. The lowest BCUT2D eigenvalue weighted by Crippen LogP contribution is -2.21. The number of rotatable bonds is 7. The van der Waals surface area contributed by atoms with Gasteiger partial charge in [-0.1, -0.05) is 35.9 Å². The predicted molar refractivity (Wildman–Crippen MR) is 106 cm³/mol. The molecule has 1 amide bonds. The monoisotopic (exact) mass is 432 g/mol. The van der Waals surface area contributed by atoms with Gasteiger partial charge in [0.15, 0.2) is 18.3 Å². The molecule has 31 heavy (non-hydrogen) atoms. The second-order valence-electron chi connectivity index (χ2n) is 6.77. The Morgan fingerprint density at radius 3 is 2.58 bits per heavy atom. The average molecular weight is 432 g/mol. The highest BCUT2D eigenvalue weighted by molar-refractivity contribution is 5.92. The van der Waals surface area contributed by atoms with Crippen LogP contribution in [0.15, 0.2) is 59.1 Å². The first-order valence-corrected chi connectivity index (χ1v) is 9.35. The number of hydrogen-bond donors (Lipinski definition) is 1. The van der Waals surface area contributed by atoms with E-state index < -0.39 is 30.2 Å². The van der Waals surface area contributed by atoms with E-state index >= 15 is 0 Å². The zero-order valence-corrected chi connectivity index (χ0v) is 16.5. The number of nitrogens with one attached hydrogen (secondary N) is 1.